The van der Waals surface area contributed by atoms with E-state index in [1.54, 1.807) is 24.3 Å². The lowest BCUT2D eigenvalue weighted by Gasteiger charge is -2.14. The first-order valence-electron chi connectivity index (χ1n) is 10.9. The van der Waals surface area contributed by atoms with Crippen LogP contribution in [0.1, 0.15) is 16.7 Å². The summed E-state index contributed by atoms with van der Waals surface area (Å²) >= 11 is 13.1. The van der Waals surface area contributed by atoms with Crippen LogP contribution in [0.4, 0.5) is 4.79 Å². The molecule has 2 amide bonds. The van der Waals surface area contributed by atoms with Gasteiger partial charge in [-0.2, -0.15) is 0 Å². The summed E-state index contributed by atoms with van der Waals surface area (Å²) in [6.07, 6.45) is 1.70. The molecule has 5 rings (SSSR count). The third-order valence-corrected chi connectivity index (χ3v) is 7.13. The van der Waals surface area contributed by atoms with Crippen LogP contribution in [0, 0.1) is 0 Å². The van der Waals surface area contributed by atoms with E-state index in [1.807, 2.05) is 42.5 Å². The Hall–Kier alpha value is -3.25. The van der Waals surface area contributed by atoms with Crippen LogP contribution in [0.5, 0.6) is 5.75 Å². The fourth-order valence-electron chi connectivity index (χ4n) is 3.82. The van der Waals surface area contributed by atoms with E-state index in [-0.39, 0.29) is 17.7 Å². The monoisotopic (exact) mass is 519 g/mol. The number of para-hydroxylation sites is 1. The summed E-state index contributed by atoms with van der Waals surface area (Å²) in [7, 11) is 0. The number of halogens is 2. The van der Waals surface area contributed by atoms with Crippen molar-refractivity contribution in [3.8, 4) is 5.75 Å². The molecule has 1 aliphatic heterocycles. The van der Waals surface area contributed by atoms with Crippen LogP contribution in [-0.2, 0) is 17.9 Å². The number of benzene rings is 4. The second-order valence-corrected chi connectivity index (χ2v) is 9.85. The number of fused-ring (bicyclic) bond motifs is 1. The number of imide groups is 1. The molecule has 4 nitrogen and oxygen atoms in total. The molecule has 4 aromatic carbocycles. The average molecular weight is 520 g/mol. The van der Waals surface area contributed by atoms with Gasteiger partial charge in [0.05, 0.1) is 11.4 Å². The minimum atomic E-state index is -0.365. The molecule has 0 bridgehead atoms. The van der Waals surface area contributed by atoms with Crippen molar-refractivity contribution in [2.24, 2.45) is 0 Å². The van der Waals surface area contributed by atoms with Crippen LogP contribution in [0.3, 0.4) is 0 Å². The van der Waals surface area contributed by atoms with Gasteiger partial charge in [0, 0.05) is 15.6 Å². The highest BCUT2D eigenvalue weighted by molar-refractivity contribution is 8.18. The van der Waals surface area contributed by atoms with Gasteiger partial charge >= 0.3 is 0 Å². The number of nitrogens with zero attached hydrogens (tertiary/aromatic N) is 1. The van der Waals surface area contributed by atoms with E-state index in [0.717, 1.165) is 28.3 Å². The van der Waals surface area contributed by atoms with Crippen LogP contribution in [0.2, 0.25) is 10.0 Å². The van der Waals surface area contributed by atoms with Crippen molar-refractivity contribution in [2.45, 2.75) is 13.2 Å². The van der Waals surface area contributed by atoms with Gasteiger partial charge in [0.25, 0.3) is 11.1 Å². The van der Waals surface area contributed by atoms with Crippen LogP contribution in [0.15, 0.2) is 89.8 Å². The first kappa shape index (κ1) is 23.5. The van der Waals surface area contributed by atoms with Gasteiger partial charge in [-0.1, -0.05) is 83.9 Å². The highest BCUT2D eigenvalue weighted by Crippen LogP contribution is 2.36. The standard InChI is InChI=1S/C28H19Cl2NO3S/c29-23-12-11-22(24(30)15-23)16-31-27(32)26(35-28(31)33)14-21-7-3-4-8-25(21)34-17-18-9-10-19-5-1-2-6-20(19)13-18/h1-15H,16-17H2/b26-14-. The first-order valence-corrected chi connectivity index (χ1v) is 12.4. The zero-order chi connectivity index (χ0) is 24.4. The molecule has 0 unspecified atom stereocenters. The third kappa shape index (κ3) is 5.22. The Morgan fingerprint density at radius 2 is 1.63 bits per heavy atom. The second-order valence-electron chi connectivity index (χ2n) is 8.01. The Kier molecular flexibility index (Phi) is 6.82. The van der Waals surface area contributed by atoms with E-state index < -0.39 is 0 Å². The highest BCUT2D eigenvalue weighted by atomic mass is 35.5. The molecule has 0 aromatic heterocycles. The molecule has 0 N–H and O–H groups in total. The van der Waals surface area contributed by atoms with E-state index >= 15 is 0 Å². The van der Waals surface area contributed by atoms with Gasteiger partial charge in [0.15, 0.2) is 0 Å². The average Bonchev–Trinajstić information content (AvgIpc) is 3.12. The fourth-order valence-corrected chi connectivity index (χ4v) is 5.12. The van der Waals surface area contributed by atoms with Gasteiger partial charge in [-0.15, -0.1) is 0 Å². The summed E-state index contributed by atoms with van der Waals surface area (Å²) in [5.74, 6) is 0.267. The Balaban J connectivity index is 1.34. The molecule has 7 heteroatoms. The van der Waals surface area contributed by atoms with Gasteiger partial charge < -0.3 is 4.74 Å². The molecule has 0 atom stereocenters. The molecule has 0 aliphatic carbocycles. The molecular weight excluding hydrogens is 501 g/mol. The predicted molar refractivity (Wildman–Crippen MR) is 143 cm³/mol. The van der Waals surface area contributed by atoms with E-state index in [4.69, 9.17) is 27.9 Å². The van der Waals surface area contributed by atoms with E-state index in [1.165, 1.54) is 10.3 Å². The number of ether oxygens (including phenoxy) is 1. The SMILES string of the molecule is O=C1S/C(=C\c2ccccc2OCc2ccc3ccccc3c2)C(=O)N1Cc1ccc(Cl)cc1Cl. The molecule has 1 aliphatic rings. The molecule has 1 heterocycles. The largest absolute Gasteiger partial charge is 0.488 e. The molecule has 35 heavy (non-hydrogen) atoms. The van der Waals surface area contributed by atoms with Gasteiger partial charge in [-0.25, -0.2) is 0 Å². The normalized spacial score (nSPS) is 14.8. The van der Waals surface area contributed by atoms with Crippen LogP contribution >= 0.6 is 35.0 Å². The highest BCUT2D eigenvalue weighted by Gasteiger charge is 2.35. The van der Waals surface area contributed by atoms with Crippen molar-refractivity contribution in [3.05, 3.63) is 117 Å². The number of hydrogen-bond acceptors (Lipinski definition) is 4. The van der Waals surface area contributed by atoms with Crippen molar-refractivity contribution in [3.63, 3.8) is 0 Å². The summed E-state index contributed by atoms with van der Waals surface area (Å²) in [6.45, 7) is 0.463. The maximum atomic E-state index is 13.0. The van der Waals surface area contributed by atoms with Gasteiger partial charge in [0.1, 0.15) is 12.4 Å². The zero-order valence-corrected chi connectivity index (χ0v) is 20.7. The molecule has 174 valence electrons. The number of carbonyl (C=O) groups is 2. The quantitative estimate of drug-likeness (QED) is 0.242. The molecule has 0 radical (unpaired) electrons. The maximum Gasteiger partial charge on any atom is 0.293 e. The molecule has 0 saturated carbocycles. The minimum Gasteiger partial charge on any atom is -0.488 e. The molecule has 0 spiro atoms. The number of rotatable bonds is 6. The predicted octanol–water partition coefficient (Wildman–Crippen LogP) is 7.96. The van der Waals surface area contributed by atoms with Crippen molar-refractivity contribution >= 4 is 63.0 Å². The number of thioether (sulfide) groups is 1. The van der Waals surface area contributed by atoms with Crippen molar-refractivity contribution in [1.29, 1.82) is 0 Å². The summed E-state index contributed by atoms with van der Waals surface area (Å²) in [6, 6.07) is 26.8. The topological polar surface area (TPSA) is 46.6 Å². The maximum absolute atomic E-state index is 13.0. The Bertz CT molecular complexity index is 1480. The third-order valence-electron chi connectivity index (χ3n) is 5.63. The van der Waals surface area contributed by atoms with Crippen molar-refractivity contribution in [1.82, 2.24) is 4.90 Å². The lowest BCUT2D eigenvalue weighted by Crippen LogP contribution is -2.27. The Morgan fingerprint density at radius 3 is 2.46 bits per heavy atom. The molecule has 4 aromatic rings. The summed E-state index contributed by atoms with van der Waals surface area (Å²) in [5, 5.41) is 2.88. The van der Waals surface area contributed by atoms with Crippen LogP contribution in [0.25, 0.3) is 16.8 Å². The Morgan fingerprint density at radius 1 is 0.857 bits per heavy atom. The molecular formula is C28H19Cl2NO3S. The van der Waals surface area contributed by atoms with Gasteiger partial charge in [-0.3, -0.25) is 14.5 Å². The zero-order valence-electron chi connectivity index (χ0n) is 18.4. The van der Waals surface area contributed by atoms with Crippen LogP contribution < -0.4 is 4.74 Å². The lowest BCUT2D eigenvalue weighted by atomic mass is 10.1. The number of carbonyl (C=O) groups excluding carboxylic acids is 2. The Labute approximate surface area is 217 Å². The molecule has 1 fully saturated rings. The minimum absolute atomic E-state index is 0.0815. The number of hydrogen-bond donors (Lipinski definition) is 0. The van der Waals surface area contributed by atoms with E-state index in [9.17, 15) is 9.59 Å². The number of amides is 2. The van der Waals surface area contributed by atoms with Crippen LogP contribution in [-0.4, -0.2) is 16.0 Å². The van der Waals surface area contributed by atoms with E-state index in [0.29, 0.717) is 32.9 Å². The summed E-state index contributed by atoms with van der Waals surface area (Å²) in [5.41, 5.74) is 2.42. The smallest absolute Gasteiger partial charge is 0.293 e. The first-order chi connectivity index (χ1) is 17.0. The van der Waals surface area contributed by atoms with Crippen molar-refractivity contribution < 1.29 is 14.3 Å². The van der Waals surface area contributed by atoms with E-state index in [2.05, 4.69) is 24.3 Å². The summed E-state index contributed by atoms with van der Waals surface area (Å²) < 4.78 is 6.10. The van der Waals surface area contributed by atoms with Gasteiger partial charge in [0.2, 0.25) is 0 Å². The summed E-state index contributed by atoms with van der Waals surface area (Å²) in [4.78, 5) is 27.1. The fraction of sp³-hybridized carbons (Fsp3) is 0.0714. The van der Waals surface area contributed by atoms with Crippen molar-refractivity contribution in [2.75, 3.05) is 0 Å². The molecule has 1 saturated heterocycles. The second kappa shape index (κ2) is 10.2. The lowest BCUT2D eigenvalue weighted by molar-refractivity contribution is -0.123. The van der Waals surface area contributed by atoms with Gasteiger partial charge in [-0.05, 0) is 64.0 Å².